The first-order chi connectivity index (χ1) is 10.0. The molecule has 0 radical (unpaired) electrons. The Labute approximate surface area is 122 Å². The molecule has 3 rings (SSSR count). The Morgan fingerprint density at radius 2 is 2.24 bits per heavy atom. The summed E-state index contributed by atoms with van der Waals surface area (Å²) in [6, 6.07) is 5.47. The number of aromatic nitrogens is 2. The smallest absolute Gasteiger partial charge is 0.255 e. The minimum absolute atomic E-state index is 0.0410. The van der Waals surface area contributed by atoms with Crippen LogP contribution in [0.3, 0.4) is 0 Å². The second-order valence-electron chi connectivity index (χ2n) is 5.35. The third-order valence-corrected chi connectivity index (χ3v) is 3.39. The maximum Gasteiger partial charge on any atom is 0.255 e. The molecule has 2 aromatic rings. The Hall–Kier alpha value is -2.63. The Morgan fingerprint density at radius 3 is 2.95 bits per heavy atom. The summed E-state index contributed by atoms with van der Waals surface area (Å²) in [6.45, 7) is 4.03. The fourth-order valence-electron chi connectivity index (χ4n) is 2.24. The summed E-state index contributed by atoms with van der Waals surface area (Å²) in [6.07, 6.45) is 3.78. The van der Waals surface area contributed by atoms with Crippen molar-refractivity contribution in [2.45, 2.75) is 26.3 Å². The van der Waals surface area contributed by atoms with Crippen molar-refractivity contribution in [2.24, 2.45) is 0 Å². The number of benzene rings is 1. The highest BCUT2D eigenvalue weighted by Crippen LogP contribution is 2.24. The van der Waals surface area contributed by atoms with Gasteiger partial charge in [-0.2, -0.15) is 5.10 Å². The van der Waals surface area contributed by atoms with E-state index in [1.54, 1.807) is 35.3 Å². The first-order valence-electron chi connectivity index (χ1n) is 6.81. The zero-order valence-electron chi connectivity index (χ0n) is 11.9. The summed E-state index contributed by atoms with van der Waals surface area (Å²) in [4.78, 5) is 23.5. The molecule has 21 heavy (non-hydrogen) atoms. The van der Waals surface area contributed by atoms with Crippen LogP contribution in [0.1, 0.15) is 35.8 Å². The molecule has 0 saturated heterocycles. The van der Waals surface area contributed by atoms with E-state index in [4.69, 9.17) is 0 Å². The molecule has 2 heterocycles. The number of hydrogen-bond donors (Lipinski definition) is 2. The second-order valence-corrected chi connectivity index (χ2v) is 5.35. The molecular formula is C15H16N4O2. The minimum Gasteiger partial charge on any atom is -0.326 e. The van der Waals surface area contributed by atoms with Crippen molar-refractivity contribution >= 4 is 23.2 Å². The van der Waals surface area contributed by atoms with E-state index < -0.39 is 0 Å². The van der Waals surface area contributed by atoms with Crippen LogP contribution in [0.4, 0.5) is 11.4 Å². The third kappa shape index (κ3) is 2.65. The van der Waals surface area contributed by atoms with Gasteiger partial charge in [0.05, 0.1) is 18.3 Å². The number of nitrogens with one attached hydrogen (secondary N) is 2. The maximum absolute atomic E-state index is 12.2. The zero-order chi connectivity index (χ0) is 15.0. The van der Waals surface area contributed by atoms with Gasteiger partial charge in [0, 0.05) is 23.5 Å². The maximum atomic E-state index is 12.2. The van der Waals surface area contributed by atoms with Gasteiger partial charge in [-0.05, 0) is 31.5 Å². The van der Waals surface area contributed by atoms with Gasteiger partial charge in [0.1, 0.15) is 0 Å². The van der Waals surface area contributed by atoms with Crippen molar-refractivity contribution in [3.05, 3.63) is 41.7 Å². The van der Waals surface area contributed by atoms with E-state index in [0.29, 0.717) is 23.4 Å². The van der Waals surface area contributed by atoms with Crippen molar-refractivity contribution in [3.8, 4) is 0 Å². The predicted octanol–water partition coefficient (Wildman–Crippen LogP) is 2.21. The van der Waals surface area contributed by atoms with Crippen LogP contribution in [0, 0.1) is 0 Å². The molecule has 0 bridgehead atoms. The number of rotatable bonds is 3. The molecule has 0 atom stereocenters. The van der Waals surface area contributed by atoms with E-state index in [-0.39, 0.29) is 17.9 Å². The van der Waals surface area contributed by atoms with Gasteiger partial charge in [-0.3, -0.25) is 14.3 Å². The van der Waals surface area contributed by atoms with E-state index in [1.807, 2.05) is 13.8 Å². The van der Waals surface area contributed by atoms with Crippen molar-refractivity contribution in [3.63, 3.8) is 0 Å². The zero-order valence-corrected chi connectivity index (χ0v) is 11.9. The molecule has 1 aromatic heterocycles. The Kier molecular flexibility index (Phi) is 3.21. The van der Waals surface area contributed by atoms with Crippen molar-refractivity contribution in [1.29, 1.82) is 0 Å². The van der Waals surface area contributed by atoms with E-state index in [0.717, 1.165) is 5.56 Å². The lowest BCUT2D eigenvalue weighted by Gasteiger charge is -2.05. The highest BCUT2D eigenvalue weighted by Gasteiger charge is 2.19. The number of nitrogens with zero attached hydrogens (tertiary/aromatic N) is 2. The first-order valence-corrected chi connectivity index (χ1v) is 6.81. The molecule has 6 heteroatoms. The Morgan fingerprint density at radius 1 is 1.43 bits per heavy atom. The average molecular weight is 284 g/mol. The van der Waals surface area contributed by atoms with Gasteiger partial charge < -0.3 is 10.6 Å². The summed E-state index contributed by atoms with van der Waals surface area (Å²) < 4.78 is 1.78. The molecule has 2 N–H and O–H groups in total. The lowest BCUT2D eigenvalue weighted by Crippen LogP contribution is -2.12. The Balaban J connectivity index is 1.76. The topological polar surface area (TPSA) is 76.0 Å². The van der Waals surface area contributed by atoms with Gasteiger partial charge >= 0.3 is 0 Å². The van der Waals surface area contributed by atoms with Gasteiger partial charge in [-0.15, -0.1) is 0 Å². The Bertz CT molecular complexity index is 718. The van der Waals surface area contributed by atoms with E-state index in [2.05, 4.69) is 15.7 Å². The summed E-state index contributed by atoms with van der Waals surface area (Å²) in [7, 11) is 0. The molecule has 0 spiro atoms. The molecule has 0 aliphatic carbocycles. The molecule has 0 saturated carbocycles. The lowest BCUT2D eigenvalue weighted by molar-refractivity contribution is -0.115. The van der Waals surface area contributed by atoms with Crippen molar-refractivity contribution in [2.75, 3.05) is 10.6 Å². The highest BCUT2D eigenvalue weighted by atomic mass is 16.2. The summed E-state index contributed by atoms with van der Waals surface area (Å²) in [5, 5.41) is 9.72. The van der Waals surface area contributed by atoms with Crippen molar-refractivity contribution in [1.82, 2.24) is 9.78 Å². The van der Waals surface area contributed by atoms with Crippen LogP contribution in [0.5, 0.6) is 0 Å². The molecule has 1 aliphatic heterocycles. The van der Waals surface area contributed by atoms with E-state index in [9.17, 15) is 9.59 Å². The molecule has 0 fully saturated rings. The largest absolute Gasteiger partial charge is 0.326 e. The number of anilines is 2. The fraction of sp³-hybridized carbons (Fsp3) is 0.267. The third-order valence-electron chi connectivity index (χ3n) is 3.39. The number of hydrogen-bond acceptors (Lipinski definition) is 3. The lowest BCUT2D eigenvalue weighted by atomic mass is 10.1. The van der Waals surface area contributed by atoms with Gasteiger partial charge in [-0.25, -0.2) is 0 Å². The number of carbonyl (C=O) groups is 2. The highest BCUT2D eigenvalue weighted by molar-refractivity contribution is 6.06. The van der Waals surface area contributed by atoms with Gasteiger partial charge in [0.15, 0.2) is 0 Å². The SMILES string of the molecule is CC(C)n1cc(NC(=O)c2ccc3c(c2)NC(=O)C3)cn1. The summed E-state index contributed by atoms with van der Waals surface area (Å²) in [5.41, 5.74) is 2.79. The van der Waals surface area contributed by atoms with E-state index >= 15 is 0 Å². The molecule has 0 unspecified atom stereocenters. The number of amides is 2. The van der Waals surface area contributed by atoms with Crippen LogP contribution < -0.4 is 10.6 Å². The monoisotopic (exact) mass is 284 g/mol. The van der Waals surface area contributed by atoms with E-state index in [1.165, 1.54) is 0 Å². The van der Waals surface area contributed by atoms with Gasteiger partial charge in [0.2, 0.25) is 5.91 Å². The van der Waals surface area contributed by atoms with Gasteiger partial charge in [-0.1, -0.05) is 6.07 Å². The van der Waals surface area contributed by atoms with Crippen LogP contribution in [-0.2, 0) is 11.2 Å². The summed E-state index contributed by atoms with van der Waals surface area (Å²) in [5.74, 6) is -0.261. The summed E-state index contributed by atoms with van der Waals surface area (Å²) >= 11 is 0. The van der Waals surface area contributed by atoms with Crippen LogP contribution in [-0.4, -0.2) is 21.6 Å². The van der Waals surface area contributed by atoms with Gasteiger partial charge in [0.25, 0.3) is 5.91 Å². The van der Waals surface area contributed by atoms with Crippen molar-refractivity contribution < 1.29 is 9.59 Å². The molecule has 6 nitrogen and oxygen atoms in total. The molecule has 1 aliphatic rings. The second kappa shape index (κ2) is 5.05. The quantitative estimate of drug-likeness (QED) is 0.907. The number of carbonyl (C=O) groups excluding carboxylic acids is 2. The minimum atomic E-state index is -0.220. The van der Waals surface area contributed by atoms with Crippen LogP contribution >= 0.6 is 0 Å². The molecular weight excluding hydrogens is 268 g/mol. The molecule has 2 amide bonds. The van der Waals surface area contributed by atoms with Crippen LogP contribution in [0.2, 0.25) is 0 Å². The predicted molar refractivity (Wildman–Crippen MR) is 79.3 cm³/mol. The van der Waals surface area contributed by atoms with Crippen LogP contribution in [0.15, 0.2) is 30.6 Å². The standard InChI is InChI=1S/C15H16N4O2/c1-9(2)19-8-12(7-16-19)17-15(21)11-4-3-10-6-14(20)18-13(10)5-11/h3-5,7-9H,6H2,1-2H3,(H,17,21)(H,18,20). The normalized spacial score (nSPS) is 13.2. The first kappa shape index (κ1) is 13.4. The molecule has 108 valence electrons. The fourth-order valence-corrected chi connectivity index (χ4v) is 2.24. The molecule has 1 aromatic carbocycles. The van der Waals surface area contributed by atoms with Crippen LogP contribution in [0.25, 0.3) is 0 Å². The number of fused-ring (bicyclic) bond motifs is 1. The average Bonchev–Trinajstić information content (AvgIpc) is 3.02.